The SMILES string of the molecule is Cc1cc(C(C)(C)N)cc(COc2c(C)cccc2C)c1Br. The fourth-order valence-corrected chi connectivity index (χ4v) is 2.84. The second-order valence-electron chi connectivity index (χ2n) is 6.50. The highest BCUT2D eigenvalue weighted by atomic mass is 79.9. The lowest BCUT2D eigenvalue weighted by molar-refractivity contribution is 0.301. The Hall–Kier alpha value is -1.32. The molecule has 0 saturated heterocycles. The zero-order valence-electron chi connectivity index (χ0n) is 14.0. The van der Waals surface area contributed by atoms with Gasteiger partial charge in [-0.1, -0.05) is 40.2 Å². The molecule has 2 rings (SSSR count). The van der Waals surface area contributed by atoms with Gasteiger partial charge in [0.25, 0.3) is 0 Å². The molecule has 2 nitrogen and oxygen atoms in total. The number of ether oxygens (including phenoxy) is 1. The van der Waals surface area contributed by atoms with E-state index >= 15 is 0 Å². The lowest BCUT2D eigenvalue weighted by Crippen LogP contribution is -2.29. The Kier molecular flexibility index (Phi) is 4.98. The van der Waals surface area contributed by atoms with Crippen LogP contribution >= 0.6 is 15.9 Å². The van der Waals surface area contributed by atoms with Crippen LogP contribution in [0.4, 0.5) is 0 Å². The molecule has 0 aromatic heterocycles. The number of hydrogen-bond acceptors (Lipinski definition) is 2. The number of nitrogens with two attached hydrogens (primary N) is 1. The van der Waals surface area contributed by atoms with Crippen molar-refractivity contribution in [2.75, 3.05) is 0 Å². The summed E-state index contributed by atoms with van der Waals surface area (Å²) in [5.74, 6) is 0.962. The molecule has 0 radical (unpaired) electrons. The van der Waals surface area contributed by atoms with Gasteiger partial charge in [0.1, 0.15) is 12.4 Å². The molecule has 0 unspecified atom stereocenters. The molecule has 0 heterocycles. The van der Waals surface area contributed by atoms with Gasteiger partial charge >= 0.3 is 0 Å². The summed E-state index contributed by atoms with van der Waals surface area (Å²) in [6, 6.07) is 10.5. The largest absolute Gasteiger partial charge is 0.488 e. The average molecular weight is 362 g/mol. The summed E-state index contributed by atoms with van der Waals surface area (Å²) in [4.78, 5) is 0. The molecule has 0 atom stereocenters. The van der Waals surface area contributed by atoms with Crippen LogP contribution in [0.1, 0.15) is 41.7 Å². The maximum absolute atomic E-state index is 6.24. The third-order valence-electron chi connectivity index (χ3n) is 3.85. The van der Waals surface area contributed by atoms with E-state index in [-0.39, 0.29) is 5.54 Å². The molecule has 3 heteroatoms. The zero-order valence-corrected chi connectivity index (χ0v) is 15.5. The first-order valence-corrected chi connectivity index (χ1v) is 8.27. The predicted molar refractivity (Wildman–Crippen MR) is 96.3 cm³/mol. The lowest BCUT2D eigenvalue weighted by Gasteiger charge is -2.22. The van der Waals surface area contributed by atoms with E-state index in [1.54, 1.807) is 0 Å². The van der Waals surface area contributed by atoms with Gasteiger partial charge in [0.05, 0.1) is 0 Å². The van der Waals surface area contributed by atoms with Crippen molar-refractivity contribution < 1.29 is 4.74 Å². The van der Waals surface area contributed by atoms with Crippen molar-refractivity contribution in [2.45, 2.75) is 46.8 Å². The number of benzene rings is 2. The van der Waals surface area contributed by atoms with E-state index in [4.69, 9.17) is 10.5 Å². The fraction of sp³-hybridized carbons (Fsp3) is 0.368. The first-order valence-electron chi connectivity index (χ1n) is 7.47. The number of hydrogen-bond donors (Lipinski definition) is 1. The first kappa shape index (κ1) is 17.0. The monoisotopic (exact) mass is 361 g/mol. The van der Waals surface area contributed by atoms with Crippen LogP contribution in [0, 0.1) is 20.8 Å². The van der Waals surface area contributed by atoms with Crippen molar-refractivity contribution in [3.8, 4) is 5.75 Å². The van der Waals surface area contributed by atoms with E-state index in [2.05, 4.69) is 67.0 Å². The molecule has 118 valence electrons. The molecule has 0 fully saturated rings. The molecule has 2 aromatic rings. The third-order valence-corrected chi connectivity index (χ3v) is 4.99. The smallest absolute Gasteiger partial charge is 0.125 e. The van der Waals surface area contributed by atoms with Crippen LogP contribution in [0.2, 0.25) is 0 Å². The topological polar surface area (TPSA) is 35.2 Å². The summed E-state index contributed by atoms with van der Waals surface area (Å²) in [5, 5.41) is 0. The van der Waals surface area contributed by atoms with Crippen LogP contribution in [0.25, 0.3) is 0 Å². The molecule has 0 aliphatic rings. The Morgan fingerprint density at radius 2 is 1.64 bits per heavy atom. The van der Waals surface area contributed by atoms with E-state index < -0.39 is 0 Å². The highest BCUT2D eigenvalue weighted by Crippen LogP contribution is 2.30. The molecule has 2 aromatic carbocycles. The Bertz CT molecular complexity index is 666. The molecule has 0 aliphatic heterocycles. The zero-order chi connectivity index (χ0) is 16.5. The average Bonchev–Trinajstić information content (AvgIpc) is 2.41. The number of aryl methyl sites for hydroxylation is 3. The molecule has 0 bridgehead atoms. The van der Waals surface area contributed by atoms with E-state index in [9.17, 15) is 0 Å². The Morgan fingerprint density at radius 3 is 2.18 bits per heavy atom. The summed E-state index contributed by atoms with van der Waals surface area (Å²) in [7, 11) is 0. The normalized spacial score (nSPS) is 11.6. The maximum Gasteiger partial charge on any atom is 0.125 e. The number of rotatable bonds is 4. The molecule has 0 spiro atoms. The summed E-state index contributed by atoms with van der Waals surface area (Å²) in [6.45, 7) is 10.8. The molecule has 0 amide bonds. The van der Waals surface area contributed by atoms with Gasteiger partial charge in [-0.25, -0.2) is 0 Å². The van der Waals surface area contributed by atoms with Crippen molar-refractivity contribution in [3.63, 3.8) is 0 Å². The summed E-state index contributed by atoms with van der Waals surface area (Å²) >= 11 is 3.67. The van der Waals surface area contributed by atoms with Gasteiger partial charge in [0, 0.05) is 15.6 Å². The van der Waals surface area contributed by atoms with Crippen LogP contribution in [-0.2, 0) is 12.1 Å². The van der Waals surface area contributed by atoms with Crippen LogP contribution in [-0.4, -0.2) is 0 Å². The molecule has 0 aliphatic carbocycles. The van der Waals surface area contributed by atoms with Crippen LogP contribution in [0.15, 0.2) is 34.8 Å². The Morgan fingerprint density at radius 1 is 1.05 bits per heavy atom. The lowest BCUT2D eigenvalue weighted by atomic mass is 9.92. The second kappa shape index (κ2) is 6.43. The predicted octanol–water partition coefficient (Wildman–Crippen LogP) is 5.15. The molecule has 0 saturated carbocycles. The van der Waals surface area contributed by atoms with Gasteiger partial charge in [0.2, 0.25) is 0 Å². The fourth-order valence-electron chi connectivity index (χ4n) is 2.50. The Balaban J connectivity index is 2.32. The highest BCUT2D eigenvalue weighted by Gasteiger charge is 2.17. The van der Waals surface area contributed by atoms with Crippen molar-refractivity contribution in [1.82, 2.24) is 0 Å². The minimum atomic E-state index is -0.362. The van der Waals surface area contributed by atoms with Gasteiger partial charge in [-0.2, -0.15) is 0 Å². The number of halogens is 1. The van der Waals surface area contributed by atoms with E-state index in [1.807, 2.05) is 13.8 Å². The Labute approximate surface area is 141 Å². The summed E-state index contributed by atoms with van der Waals surface area (Å²) in [5.41, 5.74) is 11.6. The maximum atomic E-state index is 6.24. The second-order valence-corrected chi connectivity index (χ2v) is 7.29. The summed E-state index contributed by atoms with van der Waals surface area (Å²) < 4.78 is 7.18. The van der Waals surface area contributed by atoms with Gasteiger partial charge in [-0.15, -0.1) is 0 Å². The van der Waals surface area contributed by atoms with Crippen LogP contribution in [0.3, 0.4) is 0 Å². The highest BCUT2D eigenvalue weighted by molar-refractivity contribution is 9.10. The molecule has 22 heavy (non-hydrogen) atoms. The van der Waals surface area contributed by atoms with E-state index in [0.29, 0.717) is 6.61 Å². The van der Waals surface area contributed by atoms with Crippen LogP contribution in [0.5, 0.6) is 5.75 Å². The quantitative estimate of drug-likeness (QED) is 0.817. The van der Waals surface area contributed by atoms with Crippen molar-refractivity contribution in [3.05, 3.63) is 62.6 Å². The van der Waals surface area contributed by atoms with Crippen molar-refractivity contribution >= 4 is 15.9 Å². The van der Waals surface area contributed by atoms with E-state index in [0.717, 1.165) is 32.5 Å². The molecular formula is C19H24BrNO. The van der Waals surface area contributed by atoms with Crippen molar-refractivity contribution in [2.24, 2.45) is 5.73 Å². The van der Waals surface area contributed by atoms with Gasteiger partial charge in [0.15, 0.2) is 0 Å². The first-order chi connectivity index (χ1) is 10.2. The third kappa shape index (κ3) is 3.71. The minimum Gasteiger partial charge on any atom is -0.488 e. The van der Waals surface area contributed by atoms with Crippen LogP contribution < -0.4 is 10.5 Å². The minimum absolute atomic E-state index is 0.362. The van der Waals surface area contributed by atoms with Gasteiger partial charge in [-0.3, -0.25) is 0 Å². The standard InChI is InChI=1S/C19H24BrNO/c1-12-7-6-8-13(2)18(12)22-11-15-10-16(19(4,5)21)9-14(3)17(15)20/h6-10H,11,21H2,1-5H3. The van der Waals surface area contributed by atoms with Gasteiger partial charge in [-0.05, 0) is 62.9 Å². The van der Waals surface area contributed by atoms with E-state index in [1.165, 1.54) is 5.56 Å². The van der Waals surface area contributed by atoms with Crippen molar-refractivity contribution in [1.29, 1.82) is 0 Å². The summed E-state index contributed by atoms with van der Waals surface area (Å²) in [6.07, 6.45) is 0. The van der Waals surface area contributed by atoms with Gasteiger partial charge < -0.3 is 10.5 Å². The number of para-hydroxylation sites is 1. The molecule has 2 N–H and O–H groups in total. The molecular weight excluding hydrogens is 338 g/mol.